The van der Waals surface area contributed by atoms with Crippen molar-refractivity contribution in [3.05, 3.63) is 47.3 Å². The normalized spacial score (nSPS) is 15.1. The average molecular weight is 345 g/mol. The van der Waals surface area contributed by atoms with Crippen molar-refractivity contribution in [1.82, 2.24) is 15.4 Å². The van der Waals surface area contributed by atoms with Crippen LogP contribution in [0.1, 0.15) is 28.7 Å². The zero-order valence-electron chi connectivity index (χ0n) is 14.4. The lowest BCUT2D eigenvalue weighted by atomic mass is 10.2. The van der Waals surface area contributed by atoms with Gasteiger partial charge < -0.3 is 19.3 Å². The third-order valence-electron chi connectivity index (χ3n) is 3.99. The van der Waals surface area contributed by atoms with Crippen molar-refractivity contribution in [3.63, 3.8) is 0 Å². The van der Waals surface area contributed by atoms with Gasteiger partial charge in [-0.25, -0.2) is 0 Å². The summed E-state index contributed by atoms with van der Waals surface area (Å²) in [4.78, 5) is 14.5. The lowest BCUT2D eigenvalue weighted by molar-refractivity contribution is 0.0305. The molecule has 1 N–H and O–H groups in total. The van der Waals surface area contributed by atoms with Crippen LogP contribution >= 0.6 is 0 Å². The van der Waals surface area contributed by atoms with Gasteiger partial charge in [-0.15, -0.1) is 0 Å². The molecule has 1 saturated heterocycles. The molecule has 1 aromatic heterocycles. The second-order valence-electron chi connectivity index (χ2n) is 5.79. The number of carbonyl (C=O) groups is 1. The van der Waals surface area contributed by atoms with Crippen molar-refractivity contribution in [3.8, 4) is 5.75 Å². The van der Waals surface area contributed by atoms with Crippen LogP contribution in [-0.2, 0) is 17.8 Å². The Labute approximate surface area is 146 Å². The highest BCUT2D eigenvalue weighted by Crippen LogP contribution is 2.17. The van der Waals surface area contributed by atoms with Crippen LogP contribution in [0.5, 0.6) is 5.75 Å². The predicted octanol–water partition coefficient (Wildman–Crippen LogP) is 1.84. The Bertz CT molecular complexity index is 695. The van der Waals surface area contributed by atoms with Crippen molar-refractivity contribution >= 4 is 5.91 Å². The molecule has 0 unspecified atom stereocenters. The summed E-state index contributed by atoms with van der Waals surface area (Å²) >= 11 is 0. The van der Waals surface area contributed by atoms with E-state index in [0.29, 0.717) is 25.5 Å². The molecular formula is C18H23N3O4. The lowest BCUT2D eigenvalue weighted by Gasteiger charge is -2.25. The molecule has 1 fully saturated rings. The van der Waals surface area contributed by atoms with E-state index < -0.39 is 0 Å². The van der Waals surface area contributed by atoms with Gasteiger partial charge in [0, 0.05) is 31.3 Å². The standard InChI is InChI=1S/C18H23N3O4/c1-2-24-17-6-4-3-5-14(17)12-19-18(22)16-11-15(25-20-16)13-21-7-9-23-10-8-21/h3-6,11H,2,7-10,12-13H2,1H3,(H,19,22). The maximum atomic E-state index is 12.3. The fourth-order valence-corrected chi connectivity index (χ4v) is 2.69. The lowest BCUT2D eigenvalue weighted by Crippen LogP contribution is -2.35. The monoisotopic (exact) mass is 345 g/mol. The molecule has 2 heterocycles. The summed E-state index contributed by atoms with van der Waals surface area (Å²) < 4.78 is 16.2. The van der Waals surface area contributed by atoms with Crippen molar-refractivity contribution in [2.45, 2.75) is 20.0 Å². The largest absolute Gasteiger partial charge is 0.494 e. The summed E-state index contributed by atoms with van der Waals surface area (Å²) in [5, 5.41) is 6.73. The van der Waals surface area contributed by atoms with Gasteiger partial charge in [0.2, 0.25) is 0 Å². The van der Waals surface area contributed by atoms with Crippen LogP contribution in [0, 0.1) is 0 Å². The quantitative estimate of drug-likeness (QED) is 0.825. The number of nitrogens with zero attached hydrogens (tertiary/aromatic N) is 2. The second-order valence-corrected chi connectivity index (χ2v) is 5.79. The molecule has 3 rings (SSSR count). The fourth-order valence-electron chi connectivity index (χ4n) is 2.69. The van der Waals surface area contributed by atoms with Crippen LogP contribution in [0.3, 0.4) is 0 Å². The number of morpholine rings is 1. The Hall–Kier alpha value is -2.38. The molecule has 0 saturated carbocycles. The van der Waals surface area contributed by atoms with E-state index in [2.05, 4.69) is 15.4 Å². The molecule has 25 heavy (non-hydrogen) atoms. The molecule has 7 nitrogen and oxygen atoms in total. The third-order valence-corrected chi connectivity index (χ3v) is 3.99. The highest BCUT2D eigenvalue weighted by atomic mass is 16.5. The molecule has 0 atom stereocenters. The number of nitrogens with one attached hydrogen (secondary N) is 1. The van der Waals surface area contributed by atoms with E-state index >= 15 is 0 Å². The van der Waals surface area contributed by atoms with Crippen molar-refractivity contribution in [2.75, 3.05) is 32.9 Å². The first-order valence-electron chi connectivity index (χ1n) is 8.51. The Kier molecular flexibility index (Phi) is 6.03. The maximum absolute atomic E-state index is 12.3. The van der Waals surface area contributed by atoms with E-state index in [1.807, 2.05) is 31.2 Å². The van der Waals surface area contributed by atoms with E-state index in [1.165, 1.54) is 0 Å². The van der Waals surface area contributed by atoms with Crippen LogP contribution < -0.4 is 10.1 Å². The van der Waals surface area contributed by atoms with E-state index in [4.69, 9.17) is 14.0 Å². The topological polar surface area (TPSA) is 76.8 Å². The van der Waals surface area contributed by atoms with E-state index in [-0.39, 0.29) is 11.6 Å². The van der Waals surface area contributed by atoms with E-state index in [0.717, 1.165) is 37.6 Å². The molecule has 1 amide bonds. The van der Waals surface area contributed by atoms with Crippen molar-refractivity contribution < 1.29 is 18.8 Å². The fraction of sp³-hybridized carbons (Fsp3) is 0.444. The van der Waals surface area contributed by atoms with Crippen LogP contribution in [0.15, 0.2) is 34.9 Å². The summed E-state index contributed by atoms with van der Waals surface area (Å²) in [5.41, 5.74) is 1.21. The van der Waals surface area contributed by atoms with Crippen molar-refractivity contribution in [1.29, 1.82) is 0 Å². The number of rotatable bonds is 7. The van der Waals surface area contributed by atoms with Gasteiger partial charge in [-0.1, -0.05) is 23.4 Å². The summed E-state index contributed by atoms with van der Waals surface area (Å²) in [5.74, 6) is 1.20. The Balaban J connectivity index is 1.55. The molecule has 134 valence electrons. The number of carbonyl (C=O) groups excluding carboxylic acids is 1. The first-order valence-corrected chi connectivity index (χ1v) is 8.51. The van der Waals surface area contributed by atoms with Crippen LogP contribution in [-0.4, -0.2) is 48.9 Å². The molecule has 0 radical (unpaired) electrons. The Morgan fingerprint density at radius 1 is 1.32 bits per heavy atom. The van der Waals surface area contributed by atoms with Crippen LogP contribution in [0.25, 0.3) is 0 Å². The van der Waals surface area contributed by atoms with Gasteiger partial charge in [-0.2, -0.15) is 0 Å². The molecule has 1 aliphatic rings. The van der Waals surface area contributed by atoms with Crippen LogP contribution in [0.2, 0.25) is 0 Å². The zero-order valence-corrected chi connectivity index (χ0v) is 14.4. The number of ether oxygens (including phenoxy) is 2. The molecule has 1 aromatic carbocycles. The molecule has 0 aliphatic carbocycles. The number of benzene rings is 1. The third kappa shape index (κ3) is 4.80. The molecule has 7 heteroatoms. The van der Waals surface area contributed by atoms with Gasteiger partial charge in [-0.3, -0.25) is 9.69 Å². The molecular weight excluding hydrogens is 322 g/mol. The van der Waals surface area contributed by atoms with Gasteiger partial charge in [0.15, 0.2) is 11.5 Å². The molecule has 0 spiro atoms. The smallest absolute Gasteiger partial charge is 0.273 e. The second kappa shape index (κ2) is 8.64. The van der Waals surface area contributed by atoms with Gasteiger partial charge in [0.25, 0.3) is 5.91 Å². The predicted molar refractivity (Wildman–Crippen MR) is 91.4 cm³/mol. The summed E-state index contributed by atoms with van der Waals surface area (Å²) in [6.07, 6.45) is 0. The van der Waals surface area contributed by atoms with Gasteiger partial charge in [-0.05, 0) is 13.0 Å². The highest BCUT2D eigenvalue weighted by Gasteiger charge is 2.17. The number of para-hydroxylation sites is 1. The van der Waals surface area contributed by atoms with Crippen molar-refractivity contribution in [2.24, 2.45) is 0 Å². The van der Waals surface area contributed by atoms with E-state index in [1.54, 1.807) is 6.07 Å². The Morgan fingerprint density at radius 2 is 2.12 bits per heavy atom. The van der Waals surface area contributed by atoms with Crippen LogP contribution in [0.4, 0.5) is 0 Å². The molecule has 1 aliphatic heterocycles. The summed E-state index contributed by atoms with van der Waals surface area (Å²) in [6, 6.07) is 9.34. The minimum atomic E-state index is -0.261. The van der Waals surface area contributed by atoms with E-state index in [9.17, 15) is 4.79 Å². The number of hydrogen-bond donors (Lipinski definition) is 1. The minimum absolute atomic E-state index is 0.261. The summed E-state index contributed by atoms with van der Waals surface area (Å²) in [6.45, 7) is 6.69. The van der Waals surface area contributed by atoms with Gasteiger partial charge in [0.05, 0.1) is 26.4 Å². The number of aromatic nitrogens is 1. The maximum Gasteiger partial charge on any atom is 0.273 e. The Morgan fingerprint density at radius 3 is 2.92 bits per heavy atom. The number of amides is 1. The SMILES string of the molecule is CCOc1ccccc1CNC(=O)c1cc(CN2CCOCC2)on1. The first-order chi connectivity index (χ1) is 12.3. The van der Waals surface area contributed by atoms with Gasteiger partial charge in [0.1, 0.15) is 5.75 Å². The number of hydrogen-bond acceptors (Lipinski definition) is 6. The minimum Gasteiger partial charge on any atom is -0.494 e. The molecule has 2 aromatic rings. The molecule has 0 bridgehead atoms. The highest BCUT2D eigenvalue weighted by molar-refractivity contribution is 5.92. The first kappa shape index (κ1) is 17.4. The summed E-state index contributed by atoms with van der Waals surface area (Å²) in [7, 11) is 0. The average Bonchev–Trinajstić information content (AvgIpc) is 3.10. The zero-order chi connectivity index (χ0) is 17.5. The van der Waals surface area contributed by atoms with Gasteiger partial charge >= 0.3 is 0 Å².